The summed E-state index contributed by atoms with van der Waals surface area (Å²) in [6.07, 6.45) is 5.64. The lowest BCUT2D eigenvalue weighted by molar-refractivity contribution is -0.307. The Morgan fingerprint density at radius 3 is 1.84 bits per heavy atom. The molecule has 4 bridgehead atoms. The van der Waals surface area contributed by atoms with Gasteiger partial charge in [-0.2, -0.15) is 0 Å². The molecule has 760 valence electrons. The molecule has 1 amide bonds. The third-order valence-electron chi connectivity index (χ3n) is 32.0. The Kier molecular flexibility index (Phi) is 39.9. The number of methoxy groups -OCH3 is 2. The number of nitrogens with one attached hydrogen (secondary N) is 1. The molecule has 1 aromatic heterocycles. The minimum absolute atomic E-state index is 0.0379. The molecular formula is C107H167FN4O23. The van der Waals surface area contributed by atoms with Gasteiger partial charge < -0.3 is 92.6 Å². The number of hydrogen-bond acceptors (Lipinski definition) is 26. The van der Waals surface area contributed by atoms with Crippen LogP contribution in [0.4, 0.5) is 4.39 Å². The normalized spacial score (nSPS) is 42.0. The van der Waals surface area contributed by atoms with Gasteiger partial charge in [-0.1, -0.05) is 176 Å². The number of allylic oxidation sites excluding steroid dienone is 2. The third kappa shape index (κ3) is 26.6. The van der Waals surface area contributed by atoms with Crippen molar-refractivity contribution in [2.45, 2.75) is 369 Å². The first-order chi connectivity index (χ1) is 62.9. The number of ketones is 2. The van der Waals surface area contributed by atoms with E-state index in [9.17, 15) is 54.3 Å². The standard InChI is InChI=1S/C43H65NO10.C36H50FNO7.C28H52N2O6/c1-13-34-43(10,48)39(51-20-16-17-31-21-32-18-14-15-19-33(32)44-24-31)27(4)36(45)25(2)22-41(8,49-11)29(6)26(3)37(28(5)40(47)53-34)54-35-23-42(9,50-12)38(46)30(7)52-35;1-10-29-36(9,42)32-24(4)30(38-26(6)39)22(2)19-34(7,25(5)23(3)31(40)35(8,37)33(41)45-29)44-21-28(20-43-32)18-14-17-27-15-12-11-13-16-27;1-10-22-27(8,33)24(31)21(6)30(9)16-17(2)15-26(7)20(5)18(3)23(19(4)25(32)34-22)35-28(36-26)11-13-29-14-12-28/h14-19,21,24-30,34-35,37-39,46,48H,13,20,22-23H2,1-12H3;11-18,22-25,29,32,42H,10,19-21H2,1-9H3;17-24,29,31,33H,10-16H2,1-9H3/b17-16+;17-14+,28-18+,38-30?;/t25-,26-,27+,28-,29-,30+,34-,35+,37+,38+,39-,41-,42-,43-;22-,23-,24+,25-,29-,32-,34-,35+,36-;17-,18-,19-,20-,21-,22-,23+,24-,26+,27-/m111/s1. The fourth-order valence-electron chi connectivity index (χ4n) is 22.2. The van der Waals surface area contributed by atoms with Crippen molar-refractivity contribution in [2.75, 3.05) is 60.7 Å². The monoisotopic (exact) mass is 1900 g/mol. The highest BCUT2D eigenvalue weighted by Gasteiger charge is 2.59. The smallest absolute Gasteiger partial charge is 0.351 e. The second kappa shape index (κ2) is 47.4. The van der Waals surface area contributed by atoms with Gasteiger partial charge >= 0.3 is 17.9 Å². The highest BCUT2D eigenvalue weighted by molar-refractivity contribution is 6.08. The maximum Gasteiger partial charge on any atom is 0.351 e. The van der Waals surface area contributed by atoms with Gasteiger partial charge in [0.2, 0.25) is 5.91 Å². The molecular weight excluding hydrogens is 1730 g/mol. The predicted octanol–water partition coefficient (Wildman–Crippen LogP) is 15.6. The van der Waals surface area contributed by atoms with Crippen molar-refractivity contribution in [2.24, 2.45) is 81.9 Å². The zero-order chi connectivity index (χ0) is 101. The first-order valence-electron chi connectivity index (χ1n) is 49.5. The van der Waals surface area contributed by atoms with E-state index in [-0.39, 0.29) is 92.5 Å². The van der Waals surface area contributed by atoms with Gasteiger partial charge in [-0.15, -0.1) is 0 Å². The van der Waals surface area contributed by atoms with Gasteiger partial charge in [-0.05, 0) is 199 Å². The summed E-state index contributed by atoms with van der Waals surface area (Å²) in [5.74, 6) is -9.59. The van der Waals surface area contributed by atoms with E-state index >= 15 is 4.39 Å². The van der Waals surface area contributed by atoms with Crippen LogP contribution >= 0.6 is 0 Å². The van der Waals surface area contributed by atoms with Gasteiger partial charge in [0.1, 0.15) is 53.1 Å². The molecule has 1 spiro atoms. The van der Waals surface area contributed by atoms with Crippen molar-refractivity contribution in [3.63, 3.8) is 0 Å². The van der Waals surface area contributed by atoms with E-state index in [0.717, 1.165) is 73.4 Å². The summed E-state index contributed by atoms with van der Waals surface area (Å²) < 4.78 is 92.0. The molecule has 7 saturated heterocycles. The molecule has 0 saturated carbocycles. The summed E-state index contributed by atoms with van der Waals surface area (Å²) in [7, 11) is 5.16. The van der Waals surface area contributed by atoms with E-state index in [1.54, 1.807) is 68.9 Å². The number of pyridine rings is 1. The molecule has 3 aromatic rings. The Hall–Kier alpha value is -6.55. The van der Waals surface area contributed by atoms with Crippen LogP contribution in [0.15, 0.2) is 95.7 Å². The molecule has 0 aliphatic carbocycles. The number of carbonyl (C=O) groups excluding carboxylic acids is 6. The van der Waals surface area contributed by atoms with Crippen molar-refractivity contribution >= 4 is 64.1 Å². The number of aliphatic imine (C=N–C) groups is 1. The van der Waals surface area contributed by atoms with Gasteiger partial charge in [0.15, 0.2) is 17.9 Å². The number of aliphatic hydroxyl groups is 5. The number of aromatic nitrogens is 1. The number of Topliss-reactive ketones (excluding diaryl/α,β-unsaturated/α-hetero) is 2. The van der Waals surface area contributed by atoms with Crippen molar-refractivity contribution in [3.8, 4) is 0 Å². The molecule has 6 N–H and O–H groups in total. The number of para-hydroxylation sites is 1. The third-order valence-corrected chi connectivity index (χ3v) is 32.0. The number of rotatable bonds is 13. The number of amides is 1. The number of cyclic esters (lactones) is 3. The number of nitrogens with zero attached hydrogens (tertiary/aromatic N) is 3. The Morgan fingerprint density at radius 1 is 0.637 bits per heavy atom. The van der Waals surface area contributed by atoms with Crippen LogP contribution < -0.4 is 5.32 Å². The number of esters is 3. The Bertz CT molecular complexity index is 4530. The van der Waals surface area contributed by atoms with Crippen LogP contribution in [0.2, 0.25) is 0 Å². The number of aliphatic hydroxyl groups excluding tert-OH is 2. The number of ether oxygens (including phenoxy) is 12. The van der Waals surface area contributed by atoms with Crippen LogP contribution in [-0.4, -0.2) is 261 Å². The van der Waals surface area contributed by atoms with Crippen molar-refractivity contribution < 1.29 is 116 Å². The lowest BCUT2D eigenvalue weighted by Crippen LogP contribution is -2.59. The number of hydrogen-bond donors (Lipinski definition) is 6. The fraction of sp³-hybridized carbons (Fsp3) is 0.738. The van der Waals surface area contributed by atoms with Gasteiger partial charge in [0, 0.05) is 107 Å². The molecule has 10 rings (SSSR count). The topological polar surface area (TPSA) is 355 Å². The van der Waals surface area contributed by atoms with Gasteiger partial charge in [-0.25, -0.2) is 14.2 Å². The average Bonchev–Trinajstić information content (AvgIpc) is 1.65. The summed E-state index contributed by atoms with van der Waals surface area (Å²) in [4.78, 5) is 92.5. The van der Waals surface area contributed by atoms with Crippen LogP contribution in [0.5, 0.6) is 0 Å². The summed E-state index contributed by atoms with van der Waals surface area (Å²) in [6.45, 7) is 51.5. The van der Waals surface area contributed by atoms with E-state index in [2.05, 4.69) is 47.9 Å². The summed E-state index contributed by atoms with van der Waals surface area (Å²) >= 11 is 0. The van der Waals surface area contributed by atoms with Crippen LogP contribution in [0.1, 0.15) is 256 Å². The minimum Gasteiger partial charge on any atom is -0.459 e. The average molecular weight is 1900 g/mol. The number of carbonyl (C=O) groups is 6. The first-order valence-corrected chi connectivity index (χ1v) is 49.5. The Balaban J connectivity index is 0.000000254. The molecule has 27 nitrogen and oxygen atoms in total. The van der Waals surface area contributed by atoms with Crippen molar-refractivity contribution in [1.82, 2.24) is 15.2 Å². The lowest BCUT2D eigenvalue weighted by atomic mass is 9.70. The van der Waals surface area contributed by atoms with Gasteiger partial charge in [0.05, 0.1) is 90.1 Å². The Labute approximate surface area is 804 Å². The van der Waals surface area contributed by atoms with Gasteiger partial charge in [0.25, 0.3) is 5.67 Å². The van der Waals surface area contributed by atoms with Gasteiger partial charge in [-0.3, -0.25) is 29.0 Å². The van der Waals surface area contributed by atoms with E-state index in [0.29, 0.717) is 25.0 Å². The lowest BCUT2D eigenvalue weighted by Gasteiger charge is -2.48. The van der Waals surface area contributed by atoms with E-state index < -0.39 is 183 Å². The highest BCUT2D eigenvalue weighted by Crippen LogP contribution is 2.50. The molecule has 2 aromatic carbocycles. The molecule has 8 heterocycles. The van der Waals surface area contributed by atoms with Crippen LogP contribution in [0.25, 0.3) is 23.1 Å². The SMILES string of the molecule is CC[C@H]1OC(=O)[C@@](C)(F)C(=O)[C@H](C)[C@@H](C)[C@@]2(C)C[C@@H](C)C(=NC(C)=O)[C@H](C)[C@@H](OC/C(=C\C=C\c3ccccc3)CO2)[C@]1(C)O.CC[C@H]1OC(=O)[C@H](C)[C@@H](O[C@H]2C[C@@](C)(OC)[C@@H](O)[C@H](C)O2)[C@H](C)[C@@H](C)[C@](C)(OC)C[C@@H](C)C(=O)[C@H](C)[C@@H](OC/C=C/c2cnc3ccccc3c2)[C@]1(C)O.CC[C@H]1OC(=O)[C@H](C)[C@H]2OC3(CCNCC3)O[C@@](C)(C[C@@H](C)CN(C)[C@H](C)[C@@H](O)[C@]1(C)O)[C@H](C)[C@H]2C. The number of alkyl halides is 1. The highest BCUT2D eigenvalue weighted by atomic mass is 19.1. The first kappa shape index (κ1) is 114. The molecule has 0 radical (unpaired) electrons. The Morgan fingerprint density at radius 2 is 1.23 bits per heavy atom. The van der Waals surface area contributed by atoms with Crippen molar-refractivity contribution in [3.05, 3.63) is 102 Å². The van der Waals surface area contributed by atoms with E-state index in [4.69, 9.17) is 56.8 Å². The quantitative estimate of drug-likeness (QED) is 0.0526. The van der Waals surface area contributed by atoms with Crippen LogP contribution in [-0.2, 0) is 85.6 Å². The van der Waals surface area contributed by atoms with E-state index in [1.165, 1.54) is 13.8 Å². The molecule has 7 fully saturated rings. The largest absolute Gasteiger partial charge is 0.459 e. The number of fused-ring (bicyclic) bond motifs is 9. The maximum atomic E-state index is 16.1. The number of halogens is 1. The summed E-state index contributed by atoms with van der Waals surface area (Å²) in [6, 6.07) is 19.4. The summed E-state index contributed by atoms with van der Waals surface area (Å²) in [5.41, 5.74) is -7.33. The molecule has 33 atom stereocenters. The molecule has 28 heteroatoms. The molecule has 7 aliphatic heterocycles. The minimum atomic E-state index is -2.95. The predicted molar refractivity (Wildman–Crippen MR) is 519 cm³/mol. The number of likely N-dealkylation sites (N-methyl/N-ethyl adjacent to an activating group) is 1. The second-order valence-electron chi connectivity index (χ2n) is 42.4. The zero-order valence-electron chi connectivity index (χ0n) is 86.6. The molecule has 7 aliphatic rings. The summed E-state index contributed by atoms with van der Waals surface area (Å²) in [5, 5.41) is 62.3. The molecule has 135 heavy (non-hydrogen) atoms. The van der Waals surface area contributed by atoms with Crippen LogP contribution in [0.3, 0.4) is 0 Å². The number of piperidine rings is 1. The van der Waals surface area contributed by atoms with Crippen molar-refractivity contribution in [1.29, 1.82) is 0 Å². The zero-order valence-corrected chi connectivity index (χ0v) is 86.6. The van der Waals surface area contributed by atoms with E-state index in [1.807, 2.05) is 188 Å². The number of benzene rings is 2. The van der Waals surface area contributed by atoms with Crippen LogP contribution in [0, 0.1) is 76.9 Å². The fourth-order valence-corrected chi connectivity index (χ4v) is 22.2. The maximum absolute atomic E-state index is 16.1. The molecule has 0 unspecified atom stereocenters. The second-order valence-corrected chi connectivity index (χ2v) is 42.4.